The Bertz CT molecular complexity index is 2290. The highest BCUT2D eigenvalue weighted by molar-refractivity contribution is 5.90. The first-order chi connectivity index (χ1) is 36.7. The molecule has 2 unspecified atom stereocenters. The smallest absolute Gasteiger partial charge is 0.414 e. The number of anilines is 2. The molecule has 22 nitrogen and oxygen atoms in total. The number of cyclic esters (lactones) is 2. The van der Waals surface area contributed by atoms with Crippen LogP contribution in [0.3, 0.4) is 0 Å². The summed E-state index contributed by atoms with van der Waals surface area (Å²) in [7, 11) is 5.21. The third kappa shape index (κ3) is 14.0. The van der Waals surface area contributed by atoms with E-state index in [0.29, 0.717) is 69.3 Å². The van der Waals surface area contributed by atoms with Gasteiger partial charge >= 0.3 is 12.1 Å². The van der Waals surface area contributed by atoms with Crippen LogP contribution in [0.2, 0.25) is 0 Å². The Morgan fingerprint density at radius 1 is 0.936 bits per heavy atom. The fourth-order valence-electron chi connectivity index (χ4n) is 12.4. The topological polar surface area (TPSA) is 253 Å². The van der Waals surface area contributed by atoms with E-state index in [1.807, 2.05) is 42.6 Å². The molecule has 5 N–H and O–H groups in total. The van der Waals surface area contributed by atoms with E-state index in [-0.39, 0.29) is 38.3 Å². The Kier molecular flexibility index (Phi) is 20.3. The van der Waals surface area contributed by atoms with Crippen molar-refractivity contribution in [2.75, 3.05) is 76.9 Å². The molecule has 1 aromatic heterocycles. The summed E-state index contributed by atoms with van der Waals surface area (Å²) in [4.78, 5) is 34.8. The van der Waals surface area contributed by atoms with Crippen LogP contribution in [0.4, 0.5) is 20.6 Å². The van der Waals surface area contributed by atoms with Crippen LogP contribution in [0.25, 0.3) is 0 Å². The fourth-order valence-corrected chi connectivity index (χ4v) is 12.4. The van der Waals surface area contributed by atoms with Gasteiger partial charge in [0.15, 0.2) is 12.6 Å². The average Bonchev–Trinajstić information content (AvgIpc) is 4.04. The molecule has 5 saturated heterocycles. The Balaban J connectivity index is 1.07. The second kappa shape index (κ2) is 25.6. The number of nitrogens with zero attached hydrogens (tertiary/aromatic N) is 7. The van der Waals surface area contributed by atoms with E-state index in [2.05, 4.69) is 10.3 Å². The second-order valence-electron chi connectivity index (χ2n) is 23.7. The molecule has 2 aromatic rings. The summed E-state index contributed by atoms with van der Waals surface area (Å²) in [5.74, 6) is -3.31. The molecule has 442 valence electrons. The van der Waals surface area contributed by atoms with E-state index < -0.39 is 126 Å². The van der Waals surface area contributed by atoms with Gasteiger partial charge in [-0.05, 0) is 106 Å². The third-order valence-corrected chi connectivity index (χ3v) is 17.3. The van der Waals surface area contributed by atoms with Crippen molar-refractivity contribution in [1.29, 1.82) is 0 Å². The van der Waals surface area contributed by atoms with Gasteiger partial charge in [0.25, 0.3) is 0 Å². The van der Waals surface area contributed by atoms with Crippen LogP contribution in [0.15, 0.2) is 24.4 Å². The average molecular weight is 1110 g/mol. The molecule has 0 bridgehead atoms. The van der Waals surface area contributed by atoms with Gasteiger partial charge in [-0.3, -0.25) is 9.69 Å². The molecule has 0 aliphatic carbocycles. The van der Waals surface area contributed by atoms with Crippen molar-refractivity contribution < 1.29 is 77.4 Å². The number of aliphatic hydroxyl groups excluding tert-OH is 3. The number of carbonyl (C=O) groups is 2. The maximum Gasteiger partial charge on any atom is 0.414 e. The van der Waals surface area contributed by atoms with E-state index in [9.17, 15) is 35.1 Å². The lowest BCUT2D eigenvalue weighted by atomic mass is 9.77. The number of aromatic nitrogens is 3. The lowest BCUT2D eigenvalue weighted by Crippen LogP contribution is -2.61. The number of amides is 1. The molecule has 78 heavy (non-hydrogen) atoms. The van der Waals surface area contributed by atoms with Crippen LogP contribution in [0.1, 0.15) is 101 Å². The zero-order valence-corrected chi connectivity index (χ0v) is 48.1. The Morgan fingerprint density at radius 3 is 2.31 bits per heavy atom. The Morgan fingerprint density at radius 2 is 1.64 bits per heavy atom. The van der Waals surface area contributed by atoms with E-state index >= 15 is 4.39 Å². The number of halogens is 1. The summed E-state index contributed by atoms with van der Waals surface area (Å²) in [6, 6.07) is 3.67. The lowest BCUT2D eigenvalue weighted by Gasteiger charge is -2.49. The largest absolute Gasteiger partial charge is 0.459 e. The SMILES string of the molecule is CC[C@H]1OC(=O)[C@H](C)[C@@H](O[C@H]2C[C@@](C)(OC)[C@@H](O)[C@H](C)O2)C(C)[C@@H](O[C@@H]2O[C@H](C)C[C@H](N(C)CCc3cn(C[C@H]4CN(c5ccc(N6CCOCC6)c(F)c5)C(=O)O4)nn3)[C@H]2O)[C@](C)(O)C[C@@H](C)CN(C)[C@H](C)C(O)[C@]1(C)O. The normalized spacial score (nSPS) is 40.2. The number of likely N-dealkylation sites (N-methyl/N-ethyl adjacent to an activating group) is 2. The van der Waals surface area contributed by atoms with Crippen LogP contribution < -0.4 is 9.80 Å². The number of hydrogen-bond donors (Lipinski definition) is 5. The number of ether oxygens (including phenoxy) is 8. The molecule has 1 amide bonds. The Labute approximate surface area is 459 Å². The van der Waals surface area contributed by atoms with Gasteiger partial charge in [0.1, 0.15) is 41.9 Å². The maximum absolute atomic E-state index is 15.3. The van der Waals surface area contributed by atoms with Crippen molar-refractivity contribution in [1.82, 2.24) is 24.8 Å². The zero-order chi connectivity index (χ0) is 57.2. The van der Waals surface area contributed by atoms with E-state index in [1.165, 1.54) is 25.0 Å². The van der Waals surface area contributed by atoms with Crippen molar-refractivity contribution in [2.24, 2.45) is 17.8 Å². The third-order valence-electron chi connectivity index (χ3n) is 17.3. The first-order valence-corrected chi connectivity index (χ1v) is 27.9. The van der Waals surface area contributed by atoms with Crippen molar-refractivity contribution in [3.63, 3.8) is 0 Å². The number of benzene rings is 1. The van der Waals surface area contributed by atoms with Gasteiger partial charge in [-0.15, -0.1) is 5.10 Å². The molecule has 7 rings (SSSR count). The second-order valence-corrected chi connectivity index (χ2v) is 23.7. The van der Waals surface area contributed by atoms with E-state index in [4.69, 9.17) is 37.9 Å². The van der Waals surface area contributed by atoms with Crippen LogP contribution in [0, 0.1) is 23.6 Å². The molecular weight excluding hydrogens is 1020 g/mol. The van der Waals surface area contributed by atoms with Gasteiger partial charge in [-0.2, -0.15) is 0 Å². The first kappa shape index (κ1) is 61.9. The number of aliphatic hydroxyl groups is 5. The molecule has 0 saturated carbocycles. The van der Waals surface area contributed by atoms with Gasteiger partial charge in [0.2, 0.25) is 0 Å². The molecule has 1 aromatic carbocycles. The van der Waals surface area contributed by atoms with Crippen molar-refractivity contribution in [3.8, 4) is 0 Å². The van der Waals surface area contributed by atoms with E-state index in [0.717, 1.165) is 0 Å². The van der Waals surface area contributed by atoms with Crippen molar-refractivity contribution in [3.05, 3.63) is 35.9 Å². The predicted molar refractivity (Wildman–Crippen MR) is 284 cm³/mol. The summed E-state index contributed by atoms with van der Waals surface area (Å²) in [5.41, 5.74) is -3.08. The maximum atomic E-state index is 15.3. The van der Waals surface area contributed by atoms with Crippen LogP contribution in [0.5, 0.6) is 0 Å². The van der Waals surface area contributed by atoms with Gasteiger partial charge in [-0.1, -0.05) is 26.0 Å². The summed E-state index contributed by atoms with van der Waals surface area (Å²) >= 11 is 0. The molecular formula is C55H90FN7O15. The predicted octanol–water partition coefficient (Wildman–Crippen LogP) is 3.11. The number of rotatable bonds is 14. The minimum absolute atomic E-state index is 0.0812. The first-order valence-electron chi connectivity index (χ1n) is 27.9. The van der Waals surface area contributed by atoms with Crippen molar-refractivity contribution in [2.45, 2.75) is 204 Å². The summed E-state index contributed by atoms with van der Waals surface area (Å²) in [6.45, 7) is 20.9. The minimum Gasteiger partial charge on any atom is -0.459 e. The molecule has 5 aliphatic rings. The van der Waals surface area contributed by atoms with Crippen LogP contribution in [-0.2, 0) is 55.7 Å². The number of morpholine rings is 1. The van der Waals surface area contributed by atoms with Gasteiger partial charge in [0, 0.05) is 70.3 Å². The number of hydrogen-bond acceptors (Lipinski definition) is 20. The van der Waals surface area contributed by atoms with Crippen LogP contribution in [-0.4, -0.2) is 226 Å². The molecule has 6 heterocycles. The number of esters is 1. The number of methoxy groups -OCH3 is 1. The quantitative estimate of drug-likeness (QED) is 0.171. The fraction of sp³-hybridized carbons (Fsp3) is 0.818. The molecule has 5 fully saturated rings. The number of carbonyl (C=O) groups excluding carboxylic acids is 2. The molecule has 0 radical (unpaired) electrons. The minimum atomic E-state index is -1.86. The highest BCUT2D eigenvalue weighted by Gasteiger charge is 2.53. The highest BCUT2D eigenvalue weighted by atomic mass is 19.1. The van der Waals surface area contributed by atoms with Gasteiger partial charge in [-0.25, -0.2) is 13.9 Å². The van der Waals surface area contributed by atoms with Gasteiger partial charge in [0.05, 0.1) is 84.9 Å². The Hall–Kier alpha value is -3.69. The molecule has 23 heteroatoms. The van der Waals surface area contributed by atoms with Gasteiger partial charge < -0.3 is 78.1 Å². The summed E-state index contributed by atoms with van der Waals surface area (Å²) in [5, 5.41) is 68.6. The molecule has 19 atom stereocenters. The standard InChI is InChI=1S/C55H90FN7O15/c1-14-43-55(10,70)47(65)35(6)60(12)27-31(2)25-53(8,69)49(33(4)46(34(5)50(67)76-43)77-44-26-54(9,71-13)48(66)36(7)74-44)78-51-45(64)42(23-32(3)73-51)59(11)18-17-37-28-62(58-57-37)29-39-30-63(52(68)75-39)38-15-16-41(40(56)24-38)61-19-21-72-22-20-61/h15-16,24,28,31-36,39,42-49,51,64-66,69-70H,14,17-23,25-27,29-30H2,1-13H3/t31-,32-,33?,34-,35-,36+,39+,42+,43-,44+,45-,46+,47?,48+,49-,51+,53-,54-,55-/m1/s1. The zero-order valence-electron chi connectivity index (χ0n) is 48.1. The summed E-state index contributed by atoms with van der Waals surface area (Å²) in [6.07, 6.45) is -8.38. The highest BCUT2D eigenvalue weighted by Crippen LogP contribution is 2.41. The van der Waals surface area contributed by atoms with Crippen molar-refractivity contribution >= 4 is 23.4 Å². The molecule has 5 aliphatic heterocycles. The van der Waals surface area contributed by atoms with Crippen LogP contribution >= 0.6 is 0 Å². The lowest BCUT2D eigenvalue weighted by molar-refractivity contribution is -0.318. The summed E-state index contributed by atoms with van der Waals surface area (Å²) < 4.78 is 66.3. The van der Waals surface area contributed by atoms with E-state index in [1.54, 1.807) is 71.5 Å². The molecule has 0 spiro atoms. The monoisotopic (exact) mass is 1110 g/mol.